The standard InChI is InChI=1S/C22H19N3O4/c1-25(13-20-23-18-10-6-5-9-17(18)21(26)24-20)22(27)19-12-11-16(29-19)14-28-15-7-3-2-4-8-15/h2-12H,13-14H2,1H3,(H,23,24,26). The maximum atomic E-state index is 12.7. The zero-order chi connectivity index (χ0) is 20.2. The maximum absolute atomic E-state index is 12.7. The van der Waals surface area contributed by atoms with Crippen LogP contribution in [0.2, 0.25) is 0 Å². The Morgan fingerprint density at radius 2 is 1.83 bits per heavy atom. The van der Waals surface area contributed by atoms with Gasteiger partial charge >= 0.3 is 0 Å². The number of fused-ring (bicyclic) bond motifs is 1. The number of H-pyrrole nitrogens is 1. The van der Waals surface area contributed by atoms with Gasteiger partial charge in [-0.15, -0.1) is 0 Å². The molecule has 0 unspecified atom stereocenters. The van der Waals surface area contributed by atoms with Crippen LogP contribution >= 0.6 is 0 Å². The van der Waals surface area contributed by atoms with Gasteiger partial charge < -0.3 is 19.0 Å². The molecule has 4 rings (SSSR count). The van der Waals surface area contributed by atoms with E-state index in [9.17, 15) is 9.59 Å². The molecule has 2 aromatic heterocycles. The van der Waals surface area contributed by atoms with Crippen LogP contribution in [-0.2, 0) is 13.2 Å². The van der Waals surface area contributed by atoms with Gasteiger partial charge in [0.25, 0.3) is 11.5 Å². The van der Waals surface area contributed by atoms with Crippen molar-refractivity contribution in [3.63, 3.8) is 0 Å². The number of nitrogens with zero attached hydrogens (tertiary/aromatic N) is 2. The molecule has 2 heterocycles. The van der Waals surface area contributed by atoms with Gasteiger partial charge in [0.2, 0.25) is 0 Å². The fourth-order valence-corrected chi connectivity index (χ4v) is 2.94. The molecule has 0 radical (unpaired) electrons. The van der Waals surface area contributed by atoms with Crippen molar-refractivity contribution in [1.29, 1.82) is 0 Å². The number of hydrogen-bond acceptors (Lipinski definition) is 5. The summed E-state index contributed by atoms with van der Waals surface area (Å²) in [5, 5.41) is 0.513. The van der Waals surface area contributed by atoms with Crippen LogP contribution in [0.25, 0.3) is 10.9 Å². The Labute approximate surface area is 166 Å². The molecular formula is C22H19N3O4. The Bertz CT molecular complexity index is 1200. The third-order valence-electron chi connectivity index (χ3n) is 4.39. The summed E-state index contributed by atoms with van der Waals surface area (Å²) in [6.07, 6.45) is 0. The first-order chi connectivity index (χ1) is 14.1. The number of furan rings is 1. The van der Waals surface area contributed by atoms with Crippen molar-refractivity contribution in [2.75, 3.05) is 7.05 Å². The summed E-state index contributed by atoms with van der Waals surface area (Å²) in [4.78, 5) is 33.4. The van der Waals surface area contributed by atoms with E-state index in [1.165, 1.54) is 4.90 Å². The number of carbonyl (C=O) groups is 1. The van der Waals surface area contributed by atoms with Crippen molar-refractivity contribution in [1.82, 2.24) is 14.9 Å². The van der Waals surface area contributed by atoms with Crippen molar-refractivity contribution in [3.05, 3.63) is 94.4 Å². The number of nitrogens with one attached hydrogen (secondary N) is 1. The molecule has 0 bridgehead atoms. The smallest absolute Gasteiger partial charge is 0.289 e. The topological polar surface area (TPSA) is 88.4 Å². The fourth-order valence-electron chi connectivity index (χ4n) is 2.94. The molecule has 0 aliphatic carbocycles. The van der Waals surface area contributed by atoms with Crippen LogP contribution in [-0.4, -0.2) is 27.8 Å². The van der Waals surface area contributed by atoms with Gasteiger partial charge in [0, 0.05) is 7.05 Å². The molecular weight excluding hydrogens is 370 g/mol. The number of hydrogen-bond donors (Lipinski definition) is 1. The molecule has 4 aromatic rings. The molecule has 2 aromatic carbocycles. The SMILES string of the molecule is CN(Cc1nc2ccccc2c(=O)[nH]1)C(=O)c1ccc(COc2ccccc2)o1. The van der Waals surface area contributed by atoms with Crippen LogP contribution in [0.4, 0.5) is 0 Å². The Balaban J connectivity index is 1.43. The van der Waals surface area contributed by atoms with Gasteiger partial charge in [-0.25, -0.2) is 4.98 Å². The van der Waals surface area contributed by atoms with E-state index in [1.807, 2.05) is 36.4 Å². The highest BCUT2D eigenvalue weighted by molar-refractivity contribution is 5.91. The quantitative estimate of drug-likeness (QED) is 0.546. The zero-order valence-electron chi connectivity index (χ0n) is 15.8. The highest BCUT2D eigenvalue weighted by Crippen LogP contribution is 2.15. The average Bonchev–Trinajstić information content (AvgIpc) is 3.21. The largest absolute Gasteiger partial charge is 0.486 e. The monoisotopic (exact) mass is 389 g/mol. The minimum atomic E-state index is -0.313. The number of ether oxygens (including phenoxy) is 1. The summed E-state index contributed by atoms with van der Waals surface area (Å²) in [6, 6.07) is 19.8. The van der Waals surface area contributed by atoms with E-state index in [1.54, 1.807) is 37.4 Å². The second-order valence-corrected chi connectivity index (χ2v) is 6.56. The molecule has 1 N–H and O–H groups in total. The molecule has 1 amide bonds. The Morgan fingerprint density at radius 3 is 2.66 bits per heavy atom. The maximum Gasteiger partial charge on any atom is 0.289 e. The summed E-state index contributed by atoms with van der Waals surface area (Å²) >= 11 is 0. The minimum Gasteiger partial charge on any atom is -0.486 e. The molecule has 0 saturated carbocycles. The lowest BCUT2D eigenvalue weighted by Gasteiger charge is -2.15. The van der Waals surface area contributed by atoms with Crippen LogP contribution < -0.4 is 10.3 Å². The van der Waals surface area contributed by atoms with E-state index in [0.29, 0.717) is 22.5 Å². The first-order valence-corrected chi connectivity index (χ1v) is 9.10. The fraction of sp³-hybridized carbons (Fsp3) is 0.136. The summed E-state index contributed by atoms with van der Waals surface area (Å²) < 4.78 is 11.2. The number of carbonyl (C=O) groups excluding carboxylic acids is 1. The van der Waals surface area contributed by atoms with Crippen LogP contribution in [0.3, 0.4) is 0 Å². The van der Waals surface area contributed by atoms with Crippen molar-refractivity contribution in [2.45, 2.75) is 13.2 Å². The van der Waals surface area contributed by atoms with E-state index in [2.05, 4.69) is 9.97 Å². The molecule has 0 aliphatic heterocycles. The van der Waals surface area contributed by atoms with Crippen LogP contribution in [0.5, 0.6) is 5.75 Å². The molecule has 0 aliphatic rings. The van der Waals surface area contributed by atoms with Crippen molar-refractivity contribution in [3.8, 4) is 5.75 Å². The molecule has 0 spiro atoms. The third-order valence-corrected chi connectivity index (χ3v) is 4.39. The highest BCUT2D eigenvalue weighted by Gasteiger charge is 2.18. The van der Waals surface area contributed by atoms with E-state index in [4.69, 9.17) is 9.15 Å². The lowest BCUT2D eigenvalue weighted by molar-refractivity contribution is 0.0745. The van der Waals surface area contributed by atoms with Crippen molar-refractivity contribution in [2.24, 2.45) is 0 Å². The molecule has 0 fully saturated rings. The molecule has 7 heteroatoms. The van der Waals surface area contributed by atoms with E-state index >= 15 is 0 Å². The summed E-state index contributed by atoms with van der Waals surface area (Å²) in [5.41, 5.74) is 0.357. The lowest BCUT2D eigenvalue weighted by Crippen LogP contribution is -2.28. The number of aromatic amines is 1. The number of amides is 1. The van der Waals surface area contributed by atoms with Gasteiger partial charge in [-0.3, -0.25) is 9.59 Å². The van der Waals surface area contributed by atoms with Gasteiger partial charge in [-0.2, -0.15) is 0 Å². The molecule has 7 nitrogen and oxygen atoms in total. The Kier molecular flexibility index (Phi) is 5.11. The number of para-hydroxylation sites is 2. The zero-order valence-corrected chi connectivity index (χ0v) is 15.8. The van der Waals surface area contributed by atoms with Gasteiger partial charge in [0.15, 0.2) is 5.76 Å². The minimum absolute atomic E-state index is 0.148. The molecule has 0 atom stereocenters. The highest BCUT2D eigenvalue weighted by atomic mass is 16.5. The summed E-state index contributed by atoms with van der Waals surface area (Å²) in [7, 11) is 1.63. The first kappa shape index (κ1) is 18.5. The van der Waals surface area contributed by atoms with Crippen molar-refractivity contribution < 1.29 is 13.9 Å². The number of rotatable bonds is 6. The van der Waals surface area contributed by atoms with Crippen molar-refractivity contribution >= 4 is 16.8 Å². The van der Waals surface area contributed by atoms with E-state index < -0.39 is 0 Å². The second kappa shape index (κ2) is 8.02. The summed E-state index contributed by atoms with van der Waals surface area (Å²) in [6.45, 7) is 0.371. The average molecular weight is 389 g/mol. The first-order valence-electron chi connectivity index (χ1n) is 9.10. The Hall–Kier alpha value is -3.87. The molecule has 29 heavy (non-hydrogen) atoms. The van der Waals surface area contributed by atoms with Gasteiger partial charge in [-0.05, 0) is 36.4 Å². The van der Waals surface area contributed by atoms with E-state index in [-0.39, 0.29) is 30.4 Å². The Morgan fingerprint density at radius 1 is 1.07 bits per heavy atom. The predicted molar refractivity (Wildman–Crippen MR) is 108 cm³/mol. The number of benzene rings is 2. The molecule has 146 valence electrons. The molecule has 0 saturated heterocycles. The van der Waals surface area contributed by atoms with Gasteiger partial charge in [0.05, 0.1) is 17.4 Å². The van der Waals surface area contributed by atoms with Crippen LogP contribution in [0.15, 0.2) is 75.9 Å². The van der Waals surface area contributed by atoms with Gasteiger partial charge in [-0.1, -0.05) is 30.3 Å². The van der Waals surface area contributed by atoms with Crippen LogP contribution in [0.1, 0.15) is 22.1 Å². The third kappa shape index (κ3) is 4.19. The summed E-state index contributed by atoms with van der Waals surface area (Å²) in [5.74, 6) is 1.56. The normalized spacial score (nSPS) is 10.8. The van der Waals surface area contributed by atoms with Gasteiger partial charge in [0.1, 0.15) is 23.9 Å². The lowest BCUT2D eigenvalue weighted by atomic mass is 10.2. The second-order valence-electron chi connectivity index (χ2n) is 6.56. The number of aromatic nitrogens is 2. The van der Waals surface area contributed by atoms with Crippen LogP contribution in [0, 0.1) is 0 Å². The van der Waals surface area contributed by atoms with E-state index in [0.717, 1.165) is 5.75 Å². The predicted octanol–water partition coefficient (Wildman–Crippen LogP) is 3.37.